The summed E-state index contributed by atoms with van der Waals surface area (Å²) in [5.41, 5.74) is 3.14. The smallest absolute Gasteiger partial charge is 0.306 e. The largest absolute Gasteiger partial charge is 0.466 e. The first-order valence-corrected chi connectivity index (χ1v) is 10.5. The standard InChI is InChI=1S/C24H28N2O6/c1-3-31-23(29)15-13-21(27)25-19-9-5-17(6-10-19)18-7-11-20(12-8-18)26-22(28)14-16-24(30)32-4-2/h5-12H,3-4,13-16H2,1-2H3,(H,25,27)(H,26,28). The fourth-order valence-electron chi connectivity index (χ4n) is 2.84. The second-order valence-corrected chi connectivity index (χ2v) is 6.86. The second-order valence-electron chi connectivity index (χ2n) is 6.86. The fraction of sp³-hybridized carbons (Fsp3) is 0.333. The number of esters is 2. The molecule has 2 rings (SSSR count). The maximum Gasteiger partial charge on any atom is 0.306 e. The molecule has 0 bridgehead atoms. The van der Waals surface area contributed by atoms with E-state index in [0.29, 0.717) is 24.6 Å². The van der Waals surface area contributed by atoms with Crippen LogP contribution in [0.5, 0.6) is 0 Å². The van der Waals surface area contributed by atoms with Crippen molar-refractivity contribution in [3.63, 3.8) is 0 Å². The van der Waals surface area contributed by atoms with Gasteiger partial charge in [0.15, 0.2) is 0 Å². The van der Waals surface area contributed by atoms with Gasteiger partial charge in [-0.3, -0.25) is 19.2 Å². The van der Waals surface area contributed by atoms with Crippen LogP contribution in [0.15, 0.2) is 48.5 Å². The highest BCUT2D eigenvalue weighted by molar-refractivity contribution is 5.93. The van der Waals surface area contributed by atoms with E-state index in [0.717, 1.165) is 11.1 Å². The molecule has 0 saturated heterocycles. The number of anilines is 2. The van der Waals surface area contributed by atoms with Crippen LogP contribution in [0.3, 0.4) is 0 Å². The molecule has 2 amide bonds. The van der Waals surface area contributed by atoms with Crippen molar-refractivity contribution in [3.05, 3.63) is 48.5 Å². The summed E-state index contributed by atoms with van der Waals surface area (Å²) in [5.74, 6) is -1.30. The molecule has 0 aliphatic carbocycles. The highest BCUT2D eigenvalue weighted by Gasteiger charge is 2.09. The molecule has 0 aliphatic rings. The Morgan fingerprint density at radius 1 is 0.594 bits per heavy atom. The van der Waals surface area contributed by atoms with Crippen molar-refractivity contribution < 1.29 is 28.7 Å². The monoisotopic (exact) mass is 440 g/mol. The normalized spacial score (nSPS) is 10.2. The van der Waals surface area contributed by atoms with Gasteiger partial charge in [0, 0.05) is 24.2 Å². The van der Waals surface area contributed by atoms with Gasteiger partial charge in [0.25, 0.3) is 0 Å². The van der Waals surface area contributed by atoms with Crippen LogP contribution in [0.4, 0.5) is 11.4 Å². The minimum absolute atomic E-state index is 0.0451. The Bertz CT molecular complexity index is 845. The van der Waals surface area contributed by atoms with Gasteiger partial charge in [0.1, 0.15) is 0 Å². The van der Waals surface area contributed by atoms with Gasteiger partial charge in [0.2, 0.25) is 11.8 Å². The summed E-state index contributed by atoms with van der Waals surface area (Å²) >= 11 is 0. The molecule has 2 N–H and O–H groups in total. The Morgan fingerprint density at radius 3 is 1.25 bits per heavy atom. The number of amides is 2. The Morgan fingerprint density at radius 2 is 0.938 bits per heavy atom. The van der Waals surface area contributed by atoms with Crippen molar-refractivity contribution in [2.24, 2.45) is 0 Å². The van der Waals surface area contributed by atoms with Crippen molar-refractivity contribution in [2.75, 3.05) is 23.8 Å². The first kappa shape index (κ1) is 24.6. The third kappa shape index (κ3) is 8.59. The van der Waals surface area contributed by atoms with Gasteiger partial charge in [0.05, 0.1) is 26.1 Å². The molecule has 2 aromatic rings. The molecular formula is C24H28N2O6. The number of rotatable bonds is 11. The van der Waals surface area contributed by atoms with E-state index in [2.05, 4.69) is 10.6 Å². The summed E-state index contributed by atoms with van der Waals surface area (Å²) in [5, 5.41) is 5.50. The molecule has 0 heterocycles. The second kappa shape index (κ2) is 12.9. The Kier molecular flexibility index (Phi) is 9.90. The molecule has 0 fully saturated rings. The number of nitrogens with one attached hydrogen (secondary N) is 2. The maximum absolute atomic E-state index is 11.9. The minimum Gasteiger partial charge on any atom is -0.466 e. The van der Waals surface area contributed by atoms with Gasteiger partial charge in [-0.15, -0.1) is 0 Å². The molecule has 8 heteroatoms. The van der Waals surface area contributed by atoms with Gasteiger partial charge in [-0.25, -0.2) is 0 Å². The van der Waals surface area contributed by atoms with Crippen molar-refractivity contribution in [3.8, 4) is 11.1 Å². The van der Waals surface area contributed by atoms with E-state index in [9.17, 15) is 19.2 Å². The first-order chi connectivity index (χ1) is 15.4. The fourth-order valence-corrected chi connectivity index (χ4v) is 2.84. The van der Waals surface area contributed by atoms with Crippen molar-refractivity contribution in [2.45, 2.75) is 39.5 Å². The molecule has 0 radical (unpaired) electrons. The van der Waals surface area contributed by atoms with E-state index in [1.54, 1.807) is 38.1 Å². The predicted molar refractivity (Wildman–Crippen MR) is 121 cm³/mol. The Balaban J connectivity index is 1.85. The van der Waals surface area contributed by atoms with Crippen molar-refractivity contribution in [1.82, 2.24) is 0 Å². The van der Waals surface area contributed by atoms with E-state index >= 15 is 0 Å². The number of ether oxygens (including phenoxy) is 2. The lowest BCUT2D eigenvalue weighted by molar-refractivity contribution is -0.144. The Labute approximate surface area is 187 Å². The molecule has 0 atom stereocenters. The van der Waals surface area contributed by atoms with Gasteiger partial charge in [-0.2, -0.15) is 0 Å². The molecule has 0 spiro atoms. The number of hydrogen-bond donors (Lipinski definition) is 2. The lowest BCUT2D eigenvalue weighted by Gasteiger charge is -2.09. The predicted octanol–water partition coefficient (Wildman–Crippen LogP) is 3.92. The van der Waals surface area contributed by atoms with Crippen LogP contribution in [0.1, 0.15) is 39.5 Å². The first-order valence-electron chi connectivity index (χ1n) is 10.5. The van der Waals surface area contributed by atoms with Crippen molar-refractivity contribution in [1.29, 1.82) is 0 Å². The van der Waals surface area contributed by atoms with Crippen LogP contribution in [-0.4, -0.2) is 37.0 Å². The SMILES string of the molecule is CCOC(=O)CCC(=O)Nc1ccc(-c2ccc(NC(=O)CCC(=O)OCC)cc2)cc1. The summed E-state index contributed by atoms with van der Waals surface area (Å²) in [6.45, 7) is 4.03. The quantitative estimate of drug-likeness (QED) is 0.513. The van der Waals surface area contributed by atoms with Crippen molar-refractivity contribution >= 4 is 35.1 Å². The molecule has 0 saturated carbocycles. The summed E-state index contributed by atoms with van der Waals surface area (Å²) < 4.78 is 9.61. The summed E-state index contributed by atoms with van der Waals surface area (Å²) in [7, 11) is 0. The summed E-state index contributed by atoms with van der Waals surface area (Å²) in [6.07, 6.45) is 0.216. The zero-order chi connectivity index (χ0) is 23.3. The van der Waals surface area contributed by atoms with E-state index < -0.39 is 11.9 Å². The maximum atomic E-state index is 11.9. The average Bonchev–Trinajstić information content (AvgIpc) is 2.78. The van der Waals surface area contributed by atoms with E-state index in [-0.39, 0.29) is 37.5 Å². The highest BCUT2D eigenvalue weighted by atomic mass is 16.5. The third-order valence-corrected chi connectivity index (χ3v) is 4.39. The van der Waals surface area contributed by atoms with E-state index in [1.165, 1.54) is 0 Å². The van der Waals surface area contributed by atoms with Crippen LogP contribution < -0.4 is 10.6 Å². The van der Waals surface area contributed by atoms with Gasteiger partial charge < -0.3 is 20.1 Å². The molecule has 2 aromatic carbocycles. The van der Waals surface area contributed by atoms with Crippen LogP contribution in [0.2, 0.25) is 0 Å². The Hall–Kier alpha value is -3.68. The zero-order valence-corrected chi connectivity index (χ0v) is 18.3. The molecule has 32 heavy (non-hydrogen) atoms. The van der Waals surface area contributed by atoms with Crippen LogP contribution >= 0.6 is 0 Å². The summed E-state index contributed by atoms with van der Waals surface area (Å²) in [6, 6.07) is 14.6. The van der Waals surface area contributed by atoms with E-state index in [1.807, 2.05) is 24.3 Å². The number of hydrogen-bond acceptors (Lipinski definition) is 6. The molecule has 0 aromatic heterocycles. The van der Waals surface area contributed by atoms with E-state index in [4.69, 9.17) is 9.47 Å². The number of benzene rings is 2. The molecular weight excluding hydrogens is 412 g/mol. The van der Waals surface area contributed by atoms with Crippen LogP contribution in [0.25, 0.3) is 11.1 Å². The lowest BCUT2D eigenvalue weighted by Crippen LogP contribution is -2.14. The molecule has 8 nitrogen and oxygen atoms in total. The molecule has 170 valence electrons. The number of carbonyl (C=O) groups excluding carboxylic acids is 4. The zero-order valence-electron chi connectivity index (χ0n) is 18.3. The molecule has 0 unspecified atom stereocenters. The van der Waals surface area contributed by atoms with Gasteiger partial charge in [-0.1, -0.05) is 24.3 Å². The average molecular weight is 440 g/mol. The summed E-state index contributed by atoms with van der Waals surface area (Å²) in [4.78, 5) is 46.5. The van der Waals surface area contributed by atoms with Gasteiger partial charge >= 0.3 is 11.9 Å². The minimum atomic E-state index is -0.392. The third-order valence-electron chi connectivity index (χ3n) is 4.39. The lowest BCUT2D eigenvalue weighted by atomic mass is 10.0. The highest BCUT2D eigenvalue weighted by Crippen LogP contribution is 2.23. The van der Waals surface area contributed by atoms with Gasteiger partial charge in [-0.05, 0) is 49.2 Å². The van der Waals surface area contributed by atoms with Crippen LogP contribution in [0, 0.1) is 0 Å². The molecule has 0 aliphatic heterocycles. The van der Waals surface area contributed by atoms with Crippen LogP contribution in [-0.2, 0) is 28.7 Å². The number of carbonyl (C=O) groups is 4. The topological polar surface area (TPSA) is 111 Å².